The second kappa shape index (κ2) is 9.92. The SMILES string of the molecule is CN=C(NCc1nnc2n1CCCC2)NCC1CCC(C(F)(F)F)CC1.I. The molecule has 2 heterocycles. The molecular weight excluding hydrogens is 472 g/mol. The molecule has 0 radical (unpaired) electrons. The Bertz CT molecular complexity index is 623. The van der Waals surface area contributed by atoms with Crippen LogP contribution in [-0.2, 0) is 19.5 Å². The standard InChI is InChI=1S/C17H27F3N6.HI/c1-21-16(22-10-12-5-7-13(8-6-12)17(18,19)20)23-11-15-25-24-14-4-2-3-9-26(14)15;/h12-13H,2-11H2,1H3,(H2,21,22,23);1H. The Morgan fingerprint density at radius 3 is 2.56 bits per heavy atom. The van der Waals surface area contributed by atoms with Crippen molar-refractivity contribution in [2.45, 2.75) is 64.2 Å². The summed E-state index contributed by atoms with van der Waals surface area (Å²) in [5.74, 6) is 1.71. The molecule has 27 heavy (non-hydrogen) atoms. The topological polar surface area (TPSA) is 67.1 Å². The molecule has 0 aromatic carbocycles. The number of aryl methyl sites for hydroxylation is 1. The highest BCUT2D eigenvalue weighted by molar-refractivity contribution is 14.0. The molecule has 1 aliphatic carbocycles. The first-order chi connectivity index (χ1) is 12.5. The largest absolute Gasteiger partial charge is 0.391 e. The van der Waals surface area contributed by atoms with Crippen molar-refractivity contribution in [3.05, 3.63) is 11.6 Å². The van der Waals surface area contributed by atoms with Crippen LogP contribution in [0.15, 0.2) is 4.99 Å². The summed E-state index contributed by atoms with van der Waals surface area (Å²) in [4.78, 5) is 4.20. The molecule has 1 aromatic heterocycles. The van der Waals surface area contributed by atoms with Gasteiger partial charge in [0.15, 0.2) is 11.8 Å². The number of halogens is 4. The molecule has 2 aliphatic rings. The molecule has 0 saturated heterocycles. The Labute approximate surface area is 174 Å². The van der Waals surface area contributed by atoms with Crippen LogP contribution >= 0.6 is 24.0 Å². The zero-order valence-electron chi connectivity index (χ0n) is 15.6. The van der Waals surface area contributed by atoms with E-state index in [1.165, 1.54) is 0 Å². The van der Waals surface area contributed by atoms with Crippen LogP contribution in [0.3, 0.4) is 0 Å². The molecule has 1 fully saturated rings. The summed E-state index contributed by atoms with van der Waals surface area (Å²) in [6.45, 7) is 2.13. The molecule has 0 unspecified atom stereocenters. The van der Waals surface area contributed by atoms with Gasteiger partial charge in [-0.25, -0.2) is 0 Å². The van der Waals surface area contributed by atoms with Crippen LogP contribution < -0.4 is 10.6 Å². The van der Waals surface area contributed by atoms with E-state index in [2.05, 4.69) is 30.4 Å². The summed E-state index contributed by atoms with van der Waals surface area (Å²) in [6, 6.07) is 0. The Morgan fingerprint density at radius 2 is 1.89 bits per heavy atom. The van der Waals surface area contributed by atoms with Crippen molar-refractivity contribution in [2.24, 2.45) is 16.8 Å². The van der Waals surface area contributed by atoms with Crippen molar-refractivity contribution in [1.82, 2.24) is 25.4 Å². The number of rotatable bonds is 4. The second-order valence-electron chi connectivity index (χ2n) is 7.21. The van der Waals surface area contributed by atoms with E-state index in [1.807, 2.05) is 0 Å². The van der Waals surface area contributed by atoms with Crippen LogP contribution in [0.2, 0.25) is 0 Å². The first-order valence-electron chi connectivity index (χ1n) is 9.39. The third kappa shape index (κ3) is 5.95. The number of alkyl halides is 3. The molecule has 0 amide bonds. The smallest absolute Gasteiger partial charge is 0.356 e. The van der Waals surface area contributed by atoms with Gasteiger partial charge in [-0.05, 0) is 44.4 Å². The van der Waals surface area contributed by atoms with Gasteiger partial charge in [0, 0.05) is 26.6 Å². The minimum atomic E-state index is -4.05. The average molecular weight is 500 g/mol. The zero-order valence-corrected chi connectivity index (χ0v) is 17.9. The van der Waals surface area contributed by atoms with Gasteiger partial charge in [-0.1, -0.05) is 0 Å². The van der Waals surface area contributed by atoms with Crippen molar-refractivity contribution < 1.29 is 13.2 Å². The van der Waals surface area contributed by atoms with Crippen LogP contribution in [0.5, 0.6) is 0 Å². The number of aliphatic imine (C=N–C) groups is 1. The lowest BCUT2D eigenvalue weighted by molar-refractivity contribution is -0.183. The minimum Gasteiger partial charge on any atom is -0.356 e. The lowest BCUT2D eigenvalue weighted by Crippen LogP contribution is -2.41. The number of nitrogens with zero attached hydrogens (tertiary/aromatic N) is 4. The van der Waals surface area contributed by atoms with E-state index in [-0.39, 0.29) is 42.7 Å². The van der Waals surface area contributed by atoms with Gasteiger partial charge in [0.1, 0.15) is 5.82 Å². The summed E-state index contributed by atoms with van der Waals surface area (Å²) in [7, 11) is 1.69. The summed E-state index contributed by atoms with van der Waals surface area (Å²) >= 11 is 0. The highest BCUT2D eigenvalue weighted by Crippen LogP contribution is 2.39. The van der Waals surface area contributed by atoms with E-state index >= 15 is 0 Å². The number of nitrogens with one attached hydrogen (secondary N) is 2. The fraction of sp³-hybridized carbons (Fsp3) is 0.824. The van der Waals surface area contributed by atoms with Crippen molar-refractivity contribution in [2.75, 3.05) is 13.6 Å². The minimum absolute atomic E-state index is 0. The molecule has 2 N–H and O–H groups in total. The van der Waals surface area contributed by atoms with E-state index in [4.69, 9.17) is 0 Å². The third-order valence-corrected chi connectivity index (χ3v) is 5.44. The maximum absolute atomic E-state index is 12.7. The molecule has 3 rings (SSSR count). The molecule has 154 valence electrons. The molecule has 1 aromatic rings. The average Bonchev–Trinajstić information content (AvgIpc) is 3.05. The Morgan fingerprint density at radius 1 is 1.15 bits per heavy atom. The predicted molar refractivity (Wildman–Crippen MR) is 108 cm³/mol. The van der Waals surface area contributed by atoms with Crippen molar-refractivity contribution in [3.63, 3.8) is 0 Å². The fourth-order valence-corrected chi connectivity index (χ4v) is 3.82. The van der Waals surface area contributed by atoms with Gasteiger partial charge in [-0.3, -0.25) is 4.99 Å². The Kier molecular flexibility index (Phi) is 8.17. The number of fused-ring (bicyclic) bond motifs is 1. The first-order valence-corrected chi connectivity index (χ1v) is 9.39. The predicted octanol–water partition coefficient (Wildman–Crippen LogP) is 3.27. The van der Waals surface area contributed by atoms with Crippen molar-refractivity contribution in [3.8, 4) is 0 Å². The quantitative estimate of drug-likeness (QED) is 0.379. The van der Waals surface area contributed by atoms with E-state index in [1.54, 1.807) is 7.05 Å². The molecule has 6 nitrogen and oxygen atoms in total. The number of guanidine groups is 1. The van der Waals surface area contributed by atoms with Gasteiger partial charge in [0.2, 0.25) is 0 Å². The number of hydrogen-bond donors (Lipinski definition) is 2. The van der Waals surface area contributed by atoms with E-state index in [9.17, 15) is 13.2 Å². The summed E-state index contributed by atoms with van der Waals surface area (Å²) in [5, 5.41) is 14.9. The van der Waals surface area contributed by atoms with Crippen molar-refractivity contribution in [1.29, 1.82) is 0 Å². The van der Waals surface area contributed by atoms with Gasteiger partial charge in [0.05, 0.1) is 12.5 Å². The fourth-order valence-electron chi connectivity index (χ4n) is 3.82. The molecule has 1 saturated carbocycles. The second-order valence-corrected chi connectivity index (χ2v) is 7.21. The van der Waals surface area contributed by atoms with E-state index < -0.39 is 12.1 Å². The Hall–Kier alpha value is -1.07. The molecule has 1 aliphatic heterocycles. The van der Waals surface area contributed by atoms with Crippen LogP contribution in [0.4, 0.5) is 13.2 Å². The summed E-state index contributed by atoms with van der Waals surface area (Å²) < 4.78 is 40.4. The third-order valence-electron chi connectivity index (χ3n) is 5.44. The maximum atomic E-state index is 12.7. The van der Waals surface area contributed by atoms with Gasteiger partial charge < -0.3 is 15.2 Å². The molecule has 0 spiro atoms. The number of aromatic nitrogens is 3. The van der Waals surface area contributed by atoms with Crippen LogP contribution in [0, 0.1) is 11.8 Å². The van der Waals surface area contributed by atoms with Gasteiger partial charge in [0.25, 0.3) is 0 Å². The summed E-state index contributed by atoms with van der Waals surface area (Å²) in [5.41, 5.74) is 0. The molecular formula is C17H28F3IN6. The van der Waals surface area contributed by atoms with Crippen LogP contribution in [0.25, 0.3) is 0 Å². The van der Waals surface area contributed by atoms with Gasteiger partial charge in [-0.2, -0.15) is 13.2 Å². The highest BCUT2D eigenvalue weighted by Gasteiger charge is 2.41. The first kappa shape index (κ1) is 22.2. The van der Waals surface area contributed by atoms with Gasteiger partial charge in [-0.15, -0.1) is 34.2 Å². The lowest BCUT2D eigenvalue weighted by Gasteiger charge is -2.30. The summed E-state index contributed by atoms with van der Waals surface area (Å²) in [6.07, 6.45) is 0.893. The van der Waals surface area contributed by atoms with Crippen molar-refractivity contribution >= 4 is 29.9 Å². The highest BCUT2D eigenvalue weighted by atomic mass is 127. The molecule has 10 heteroatoms. The lowest BCUT2D eigenvalue weighted by atomic mass is 9.81. The van der Waals surface area contributed by atoms with E-state index in [0.29, 0.717) is 31.9 Å². The maximum Gasteiger partial charge on any atom is 0.391 e. The van der Waals surface area contributed by atoms with E-state index in [0.717, 1.165) is 37.5 Å². The Balaban J connectivity index is 0.00000261. The number of hydrogen-bond acceptors (Lipinski definition) is 3. The normalized spacial score (nSPS) is 23.3. The zero-order chi connectivity index (χ0) is 18.6. The van der Waals surface area contributed by atoms with Crippen LogP contribution in [0.1, 0.15) is 50.2 Å². The van der Waals surface area contributed by atoms with Gasteiger partial charge >= 0.3 is 6.18 Å². The monoisotopic (exact) mass is 500 g/mol. The molecule has 0 bridgehead atoms. The van der Waals surface area contributed by atoms with Crippen LogP contribution in [-0.4, -0.2) is 40.5 Å². The molecule has 0 atom stereocenters.